The first kappa shape index (κ1) is 17.4. The van der Waals surface area contributed by atoms with Gasteiger partial charge >= 0.3 is 5.97 Å². The fourth-order valence-corrected chi connectivity index (χ4v) is 2.82. The largest absolute Gasteiger partial charge is 0.478 e. The summed E-state index contributed by atoms with van der Waals surface area (Å²) in [6.07, 6.45) is 1.24. The van der Waals surface area contributed by atoms with Crippen LogP contribution in [0, 0.1) is 0 Å². The Bertz CT molecular complexity index is 1020. The first-order valence-electron chi connectivity index (χ1n) is 8.20. The molecule has 0 bridgehead atoms. The van der Waals surface area contributed by atoms with Crippen LogP contribution in [0.4, 0.5) is 5.95 Å². The Morgan fingerprint density at radius 3 is 2.62 bits per heavy atom. The van der Waals surface area contributed by atoms with E-state index in [2.05, 4.69) is 4.98 Å². The van der Waals surface area contributed by atoms with Crippen molar-refractivity contribution in [2.75, 3.05) is 5.73 Å². The Morgan fingerprint density at radius 1 is 1.12 bits per heavy atom. The van der Waals surface area contributed by atoms with Gasteiger partial charge in [-0.15, -0.1) is 0 Å². The van der Waals surface area contributed by atoms with Crippen molar-refractivity contribution in [2.24, 2.45) is 7.05 Å². The van der Waals surface area contributed by atoms with E-state index in [0.717, 1.165) is 11.1 Å². The number of nitrogen functional groups attached to an aromatic ring is 1. The van der Waals surface area contributed by atoms with Gasteiger partial charge in [0.15, 0.2) is 0 Å². The van der Waals surface area contributed by atoms with Gasteiger partial charge in [0.2, 0.25) is 5.95 Å². The second kappa shape index (κ2) is 7.23. The minimum Gasteiger partial charge on any atom is -0.478 e. The second-order valence-electron chi connectivity index (χ2n) is 6.05. The number of carboxylic acid groups (broad SMARTS) is 1. The molecule has 1 heterocycles. The molecular weight excluding hydrogens is 330 g/mol. The first-order valence-corrected chi connectivity index (χ1v) is 8.20. The second-order valence-corrected chi connectivity index (χ2v) is 6.05. The van der Waals surface area contributed by atoms with E-state index in [4.69, 9.17) is 5.73 Å². The van der Waals surface area contributed by atoms with Crippen LogP contribution in [0.5, 0.6) is 0 Å². The van der Waals surface area contributed by atoms with Crippen molar-refractivity contribution >= 4 is 11.9 Å². The number of hydrogen-bond donors (Lipinski definition) is 2. The lowest BCUT2D eigenvalue weighted by Crippen LogP contribution is -2.21. The Labute approximate surface area is 150 Å². The number of nitrogens with zero attached hydrogens (tertiary/aromatic N) is 2. The standard InChI is InChI=1S/C20H19N3O3/c1-23-18(24)12-15(22-20(23)21)10-9-13-5-4-6-14(11-13)16-7-2-3-8-17(16)19(25)26/h2-8,11-12H,9-10H2,1H3,(H2,21,22)(H,25,26). The number of benzene rings is 2. The molecule has 0 unspecified atom stereocenters. The zero-order valence-corrected chi connectivity index (χ0v) is 14.3. The van der Waals surface area contributed by atoms with Crippen LogP contribution in [0.1, 0.15) is 21.6 Å². The van der Waals surface area contributed by atoms with Crippen LogP contribution in [0.3, 0.4) is 0 Å². The number of aryl methyl sites for hydroxylation is 2. The summed E-state index contributed by atoms with van der Waals surface area (Å²) in [5.41, 5.74) is 9.01. The molecule has 0 aliphatic carbocycles. The summed E-state index contributed by atoms with van der Waals surface area (Å²) in [7, 11) is 1.58. The Kier molecular flexibility index (Phi) is 4.84. The van der Waals surface area contributed by atoms with Gasteiger partial charge in [-0.05, 0) is 35.6 Å². The maximum atomic E-state index is 11.8. The molecule has 0 radical (unpaired) electrons. The minimum absolute atomic E-state index is 0.184. The van der Waals surface area contributed by atoms with E-state index in [1.807, 2.05) is 30.3 Å². The molecule has 3 N–H and O–H groups in total. The van der Waals surface area contributed by atoms with Gasteiger partial charge in [-0.2, -0.15) is 0 Å². The smallest absolute Gasteiger partial charge is 0.336 e. The molecule has 3 aromatic rings. The zero-order chi connectivity index (χ0) is 18.7. The maximum Gasteiger partial charge on any atom is 0.336 e. The van der Waals surface area contributed by atoms with Crippen molar-refractivity contribution in [3.05, 3.63) is 81.8 Å². The minimum atomic E-state index is -0.953. The number of hydrogen-bond acceptors (Lipinski definition) is 4. The van der Waals surface area contributed by atoms with Gasteiger partial charge in [0.1, 0.15) is 0 Å². The summed E-state index contributed by atoms with van der Waals surface area (Å²) in [5, 5.41) is 9.37. The molecule has 6 heteroatoms. The van der Waals surface area contributed by atoms with Crippen molar-refractivity contribution in [3.8, 4) is 11.1 Å². The third-order valence-electron chi connectivity index (χ3n) is 4.29. The highest BCUT2D eigenvalue weighted by Gasteiger charge is 2.11. The summed E-state index contributed by atoms with van der Waals surface area (Å²) in [6.45, 7) is 0. The molecule has 3 rings (SSSR count). The summed E-state index contributed by atoms with van der Waals surface area (Å²) in [5.74, 6) is -0.762. The molecule has 0 fully saturated rings. The predicted octanol–water partition coefficient (Wildman–Crippen LogP) is 2.51. The Balaban J connectivity index is 1.85. The zero-order valence-electron chi connectivity index (χ0n) is 14.3. The van der Waals surface area contributed by atoms with Crippen LogP contribution in [0.15, 0.2) is 59.4 Å². The number of carboxylic acids is 1. The quantitative estimate of drug-likeness (QED) is 0.737. The fraction of sp³-hybridized carbons (Fsp3) is 0.150. The molecule has 1 aromatic heterocycles. The molecule has 6 nitrogen and oxygen atoms in total. The van der Waals surface area contributed by atoms with Crippen LogP contribution < -0.4 is 11.3 Å². The maximum absolute atomic E-state index is 11.8. The molecule has 0 aliphatic heterocycles. The van der Waals surface area contributed by atoms with E-state index in [9.17, 15) is 14.7 Å². The SMILES string of the molecule is Cn1c(N)nc(CCc2cccc(-c3ccccc3C(=O)O)c2)cc1=O. The third kappa shape index (κ3) is 3.64. The molecule has 0 saturated carbocycles. The molecule has 0 aliphatic rings. The Morgan fingerprint density at radius 2 is 1.88 bits per heavy atom. The van der Waals surface area contributed by atoms with Gasteiger partial charge < -0.3 is 10.8 Å². The highest BCUT2D eigenvalue weighted by Crippen LogP contribution is 2.25. The van der Waals surface area contributed by atoms with Gasteiger partial charge in [0, 0.05) is 13.1 Å². The molecule has 0 atom stereocenters. The molecule has 0 spiro atoms. The van der Waals surface area contributed by atoms with Crippen LogP contribution in [0.25, 0.3) is 11.1 Å². The predicted molar refractivity (Wildman–Crippen MR) is 100 cm³/mol. The van der Waals surface area contributed by atoms with Crippen molar-refractivity contribution in [3.63, 3.8) is 0 Å². The number of anilines is 1. The van der Waals surface area contributed by atoms with E-state index in [1.54, 1.807) is 25.2 Å². The van der Waals surface area contributed by atoms with Gasteiger partial charge in [0.25, 0.3) is 5.56 Å². The molecule has 26 heavy (non-hydrogen) atoms. The van der Waals surface area contributed by atoms with Crippen LogP contribution in [-0.2, 0) is 19.9 Å². The van der Waals surface area contributed by atoms with E-state index >= 15 is 0 Å². The van der Waals surface area contributed by atoms with Crippen molar-refractivity contribution in [1.82, 2.24) is 9.55 Å². The molecule has 132 valence electrons. The monoisotopic (exact) mass is 349 g/mol. The van der Waals surface area contributed by atoms with E-state index in [-0.39, 0.29) is 17.1 Å². The van der Waals surface area contributed by atoms with Gasteiger partial charge in [-0.1, -0.05) is 42.5 Å². The number of aromatic nitrogens is 2. The Hall–Kier alpha value is -3.41. The summed E-state index contributed by atoms with van der Waals surface area (Å²) < 4.78 is 1.30. The van der Waals surface area contributed by atoms with Crippen molar-refractivity contribution < 1.29 is 9.90 Å². The topological polar surface area (TPSA) is 98.2 Å². The van der Waals surface area contributed by atoms with Crippen molar-refractivity contribution in [1.29, 1.82) is 0 Å². The number of rotatable bonds is 5. The molecular formula is C20H19N3O3. The fourth-order valence-electron chi connectivity index (χ4n) is 2.82. The average molecular weight is 349 g/mol. The first-order chi connectivity index (χ1) is 12.5. The van der Waals surface area contributed by atoms with Gasteiger partial charge in [0.05, 0.1) is 11.3 Å². The van der Waals surface area contributed by atoms with Crippen molar-refractivity contribution in [2.45, 2.75) is 12.8 Å². The molecule has 0 amide bonds. The summed E-state index contributed by atoms with van der Waals surface area (Å²) >= 11 is 0. The number of aromatic carboxylic acids is 1. The number of nitrogens with two attached hydrogens (primary N) is 1. The highest BCUT2D eigenvalue weighted by atomic mass is 16.4. The summed E-state index contributed by atoms with van der Waals surface area (Å²) in [6, 6.07) is 16.1. The normalized spacial score (nSPS) is 10.7. The van der Waals surface area contributed by atoms with E-state index in [0.29, 0.717) is 24.1 Å². The molecule has 0 saturated heterocycles. The third-order valence-corrected chi connectivity index (χ3v) is 4.29. The summed E-state index contributed by atoms with van der Waals surface area (Å²) in [4.78, 5) is 27.5. The lowest BCUT2D eigenvalue weighted by Gasteiger charge is -2.09. The lowest BCUT2D eigenvalue weighted by molar-refractivity contribution is 0.0697. The van der Waals surface area contributed by atoms with E-state index < -0.39 is 5.97 Å². The van der Waals surface area contributed by atoms with Gasteiger partial charge in [-0.3, -0.25) is 9.36 Å². The van der Waals surface area contributed by atoms with Crippen LogP contribution in [-0.4, -0.2) is 20.6 Å². The average Bonchev–Trinajstić information content (AvgIpc) is 2.64. The lowest BCUT2D eigenvalue weighted by atomic mass is 9.97. The number of carbonyl (C=O) groups is 1. The van der Waals surface area contributed by atoms with E-state index in [1.165, 1.54) is 10.6 Å². The highest BCUT2D eigenvalue weighted by molar-refractivity contribution is 5.96. The molecule has 2 aromatic carbocycles. The van der Waals surface area contributed by atoms with Crippen LogP contribution in [0.2, 0.25) is 0 Å². The van der Waals surface area contributed by atoms with Gasteiger partial charge in [-0.25, -0.2) is 9.78 Å². The van der Waals surface area contributed by atoms with Crippen LogP contribution >= 0.6 is 0 Å².